The summed E-state index contributed by atoms with van der Waals surface area (Å²) in [4.78, 5) is 27.6. The molecule has 3 aliphatic rings. The van der Waals surface area contributed by atoms with Gasteiger partial charge >= 0.3 is 11.9 Å². The summed E-state index contributed by atoms with van der Waals surface area (Å²) in [5.74, 6) is 0.0673. The summed E-state index contributed by atoms with van der Waals surface area (Å²) in [6, 6.07) is 7.67. The number of fused-ring (bicyclic) bond motifs is 3. The van der Waals surface area contributed by atoms with E-state index in [1.165, 1.54) is 5.57 Å². The molecule has 2 aromatic rings. The van der Waals surface area contributed by atoms with E-state index in [4.69, 9.17) is 14.2 Å². The first-order valence-corrected chi connectivity index (χ1v) is 19.3. The van der Waals surface area contributed by atoms with Crippen molar-refractivity contribution < 1.29 is 28.9 Å². The zero-order valence-corrected chi connectivity index (χ0v) is 31.7. The molecule has 0 radical (unpaired) electrons. The zero-order valence-electron chi connectivity index (χ0n) is 31.7. The molecule has 0 spiro atoms. The molecule has 0 amide bonds. The quantitative estimate of drug-likeness (QED) is 0.0788. The second-order valence-electron chi connectivity index (χ2n) is 16.1. The summed E-state index contributed by atoms with van der Waals surface area (Å²) in [6.45, 7) is 19.3. The number of aromatic hydroxyl groups is 1. The number of esters is 2. The highest BCUT2D eigenvalue weighted by Crippen LogP contribution is 2.56. The second-order valence-corrected chi connectivity index (χ2v) is 16.1. The number of phenols is 1. The third-order valence-corrected chi connectivity index (χ3v) is 11.5. The van der Waals surface area contributed by atoms with Gasteiger partial charge in [-0.05, 0) is 132 Å². The van der Waals surface area contributed by atoms with Crippen LogP contribution in [0.2, 0.25) is 0 Å². The van der Waals surface area contributed by atoms with E-state index in [9.17, 15) is 14.7 Å². The Labute approximate surface area is 300 Å². The highest BCUT2D eigenvalue weighted by atomic mass is 16.6. The van der Waals surface area contributed by atoms with Gasteiger partial charge in [-0.15, -0.1) is 0 Å². The van der Waals surface area contributed by atoms with Crippen molar-refractivity contribution in [2.24, 2.45) is 17.8 Å². The molecule has 1 heterocycles. The fraction of sp³-hybridized carbons (Fsp3) is 0.591. The van der Waals surface area contributed by atoms with Crippen LogP contribution in [0.4, 0.5) is 0 Å². The normalized spacial score (nSPS) is 23.9. The Hall–Kier alpha value is -3.54. The van der Waals surface area contributed by atoms with Gasteiger partial charge in [0.05, 0.1) is 0 Å². The molecule has 0 bridgehead atoms. The SMILES string of the molecule is C=C(C)[C@@H]1CCC(C)=C[C@H]1c1c(O)cc(CCCCC)cc1OC(=O)C(=O)Oc1cc(CCCCC)cc2c1[C@@H]1C[C@@H](C)CC[C@H]1C(C)(C)O2. The number of hydrogen-bond acceptors (Lipinski definition) is 6. The van der Waals surface area contributed by atoms with Crippen molar-refractivity contribution in [2.45, 2.75) is 149 Å². The smallest absolute Gasteiger partial charge is 0.423 e. The zero-order chi connectivity index (χ0) is 36.2. The van der Waals surface area contributed by atoms with Crippen molar-refractivity contribution in [3.8, 4) is 23.0 Å². The van der Waals surface area contributed by atoms with Crippen LogP contribution < -0.4 is 14.2 Å². The van der Waals surface area contributed by atoms with Crippen molar-refractivity contribution in [1.82, 2.24) is 0 Å². The number of aryl methyl sites for hydroxylation is 2. The maximum absolute atomic E-state index is 13.8. The number of carbonyl (C=O) groups excluding carboxylic acids is 2. The van der Waals surface area contributed by atoms with E-state index in [1.807, 2.05) is 19.1 Å². The fourth-order valence-corrected chi connectivity index (χ4v) is 8.80. The van der Waals surface area contributed by atoms with Crippen LogP contribution in [0, 0.1) is 17.8 Å². The number of allylic oxidation sites excluding steroid dienone is 3. The molecule has 1 N–H and O–H groups in total. The molecular weight excluding hydrogens is 624 g/mol. The van der Waals surface area contributed by atoms with E-state index < -0.39 is 11.9 Å². The Balaban J connectivity index is 1.50. The average Bonchev–Trinajstić information content (AvgIpc) is 3.04. The standard InChI is InChI=1S/C44H60O6/c1-9-11-13-15-30-23-36(45)40(33-21-28(5)17-19-32(33)27(3)4)37(24-30)48-42(46)43(47)49-38-25-31(16-14-12-10-2)26-39-41(38)34-22-29(6)18-20-35(34)44(7,8)50-39/h21,23-26,29,32-35,45H,3,9-20,22H2,1-2,4-8H3/t29-,32-,33+,34+,35+/m0/s1. The van der Waals surface area contributed by atoms with Crippen molar-refractivity contribution in [3.63, 3.8) is 0 Å². The largest absolute Gasteiger partial charge is 0.507 e. The Kier molecular flexibility index (Phi) is 12.2. The van der Waals surface area contributed by atoms with E-state index >= 15 is 0 Å². The third kappa shape index (κ3) is 8.49. The van der Waals surface area contributed by atoms with Gasteiger partial charge in [-0.1, -0.05) is 76.7 Å². The van der Waals surface area contributed by atoms with Crippen LogP contribution in [-0.4, -0.2) is 22.6 Å². The van der Waals surface area contributed by atoms with Crippen LogP contribution in [0.1, 0.15) is 153 Å². The molecular formula is C44H60O6. The first-order chi connectivity index (χ1) is 23.8. The predicted molar refractivity (Wildman–Crippen MR) is 200 cm³/mol. The molecule has 5 atom stereocenters. The third-order valence-electron chi connectivity index (χ3n) is 11.5. The van der Waals surface area contributed by atoms with Gasteiger partial charge in [0, 0.05) is 23.0 Å². The van der Waals surface area contributed by atoms with Gasteiger partial charge in [0.1, 0.15) is 28.6 Å². The predicted octanol–water partition coefficient (Wildman–Crippen LogP) is 11.1. The van der Waals surface area contributed by atoms with E-state index in [2.05, 4.69) is 60.3 Å². The number of rotatable bonds is 12. The molecule has 0 saturated heterocycles. The molecule has 1 saturated carbocycles. The molecule has 0 aromatic heterocycles. The molecule has 1 fully saturated rings. The minimum absolute atomic E-state index is 0.0667. The first-order valence-electron chi connectivity index (χ1n) is 19.3. The van der Waals surface area contributed by atoms with Crippen molar-refractivity contribution in [1.29, 1.82) is 0 Å². The number of ether oxygens (including phenoxy) is 3. The van der Waals surface area contributed by atoms with Gasteiger partial charge in [0.25, 0.3) is 0 Å². The second kappa shape index (κ2) is 16.2. The lowest BCUT2D eigenvalue weighted by atomic mass is 9.64. The number of benzene rings is 2. The molecule has 272 valence electrons. The lowest BCUT2D eigenvalue weighted by Gasteiger charge is -2.49. The molecule has 2 aromatic carbocycles. The van der Waals surface area contributed by atoms with Crippen LogP contribution in [0.5, 0.6) is 23.0 Å². The summed E-state index contributed by atoms with van der Waals surface area (Å²) in [6.07, 6.45) is 14.9. The maximum Gasteiger partial charge on any atom is 0.423 e. The highest BCUT2D eigenvalue weighted by Gasteiger charge is 2.47. The number of carbonyl (C=O) groups is 2. The van der Waals surface area contributed by atoms with E-state index in [-0.39, 0.29) is 40.8 Å². The Bertz CT molecular complexity index is 1600. The minimum Gasteiger partial charge on any atom is -0.507 e. The highest BCUT2D eigenvalue weighted by molar-refractivity contribution is 6.31. The summed E-state index contributed by atoms with van der Waals surface area (Å²) in [7, 11) is 0. The van der Waals surface area contributed by atoms with E-state index in [1.54, 1.807) is 6.07 Å². The molecule has 1 aliphatic heterocycles. The van der Waals surface area contributed by atoms with Gasteiger partial charge in [-0.2, -0.15) is 0 Å². The summed E-state index contributed by atoms with van der Waals surface area (Å²) < 4.78 is 18.7. The molecule has 6 heteroatoms. The van der Waals surface area contributed by atoms with Gasteiger partial charge in [0.15, 0.2) is 0 Å². The van der Waals surface area contributed by atoms with Crippen molar-refractivity contribution in [2.75, 3.05) is 0 Å². The lowest BCUT2D eigenvalue weighted by molar-refractivity contribution is -0.156. The molecule has 0 unspecified atom stereocenters. The Morgan fingerprint density at radius 1 is 0.900 bits per heavy atom. The topological polar surface area (TPSA) is 82.1 Å². The summed E-state index contributed by atoms with van der Waals surface area (Å²) in [5, 5.41) is 11.5. The molecule has 6 nitrogen and oxygen atoms in total. The lowest BCUT2D eigenvalue weighted by Crippen LogP contribution is -2.47. The molecule has 2 aliphatic carbocycles. The first kappa shape index (κ1) is 37.7. The van der Waals surface area contributed by atoms with Crippen LogP contribution in [0.15, 0.2) is 48.1 Å². The van der Waals surface area contributed by atoms with Crippen molar-refractivity contribution in [3.05, 3.63) is 70.3 Å². The van der Waals surface area contributed by atoms with Crippen molar-refractivity contribution >= 4 is 11.9 Å². The van der Waals surface area contributed by atoms with Gasteiger partial charge in [-0.25, -0.2) is 9.59 Å². The van der Waals surface area contributed by atoms with E-state index in [0.29, 0.717) is 17.2 Å². The van der Waals surface area contributed by atoms with Crippen LogP contribution in [0.3, 0.4) is 0 Å². The Morgan fingerprint density at radius 2 is 1.50 bits per heavy atom. The van der Waals surface area contributed by atoms with Crippen LogP contribution >= 0.6 is 0 Å². The molecule has 5 rings (SSSR count). The van der Waals surface area contributed by atoms with Gasteiger partial charge < -0.3 is 19.3 Å². The number of hydrogen-bond donors (Lipinski definition) is 1. The number of phenolic OH excluding ortho intramolecular Hbond substituents is 1. The minimum atomic E-state index is -1.10. The summed E-state index contributed by atoms with van der Waals surface area (Å²) in [5.41, 5.74) is 5.17. The van der Waals surface area contributed by atoms with E-state index in [0.717, 1.165) is 111 Å². The maximum atomic E-state index is 13.8. The monoisotopic (exact) mass is 684 g/mol. The fourth-order valence-electron chi connectivity index (χ4n) is 8.80. The van der Waals surface area contributed by atoms with Crippen LogP contribution in [-0.2, 0) is 22.4 Å². The average molecular weight is 685 g/mol. The molecule has 50 heavy (non-hydrogen) atoms. The van der Waals surface area contributed by atoms with Gasteiger partial charge in [0.2, 0.25) is 0 Å². The van der Waals surface area contributed by atoms with Crippen LogP contribution in [0.25, 0.3) is 0 Å². The van der Waals surface area contributed by atoms with Gasteiger partial charge in [-0.3, -0.25) is 0 Å². The summed E-state index contributed by atoms with van der Waals surface area (Å²) >= 11 is 0. The Morgan fingerprint density at radius 3 is 2.10 bits per heavy atom. The number of unbranched alkanes of at least 4 members (excludes halogenated alkanes) is 4.